The van der Waals surface area contributed by atoms with Crippen LogP contribution in [0.1, 0.15) is 44.5 Å². The van der Waals surface area contributed by atoms with Gasteiger partial charge in [0.2, 0.25) is 0 Å². The van der Waals surface area contributed by atoms with E-state index in [0.29, 0.717) is 0 Å². The predicted octanol–water partition coefficient (Wildman–Crippen LogP) is 18.9. The number of rotatable bonds is 10. The molecule has 0 aromatic heterocycles. The molecule has 0 amide bonds. The molecule has 0 aliphatic heterocycles. The van der Waals surface area contributed by atoms with Gasteiger partial charge in [0, 0.05) is 16.9 Å². The van der Waals surface area contributed by atoms with Crippen molar-refractivity contribution in [2.24, 2.45) is 0 Å². The normalized spacial score (nSPS) is 13.3. The Balaban J connectivity index is 1.01. The van der Waals surface area contributed by atoms with Crippen molar-refractivity contribution in [3.63, 3.8) is 0 Å². The highest BCUT2D eigenvalue weighted by molar-refractivity contribution is 5.99. The Morgan fingerprint density at radius 3 is 1.07 bits per heavy atom. The first-order chi connectivity index (χ1) is 37.2. The molecule has 0 bridgehead atoms. The van der Waals surface area contributed by atoms with E-state index in [1.165, 1.54) is 94.6 Å². The maximum Gasteiger partial charge on any atom is 0.0714 e. The van der Waals surface area contributed by atoms with Crippen molar-refractivity contribution in [3.8, 4) is 55.6 Å². The molecule has 0 saturated heterocycles. The van der Waals surface area contributed by atoms with E-state index in [2.05, 4.69) is 314 Å². The molecule has 2 aliphatic rings. The lowest BCUT2D eigenvalue weighted by atomic mass is 9.67. The van der Waals surface area contributed by atoms with Crippen LogP contribution in [0.4, 0.5) is 17.1 Å². The van der Waals surface area contributed by atoms with E-state index < -0.39 is 10.8 Å². The number of hydrogen-bond donors (Lipinski definition) is 0. The van der Waals surface area contributed by atoms with Gasteiger partial charge in [-0.15, -0.1) is 0 Å². The van der Waals surface area contributed by atoms with E-state index in [9.17, 15) is 0 Å². The Morgan fingerprint density at radius 2 is 0.573 bits per heavy atom. The van der Waals surface area contributed by atoms with Crippen LogP contribution in [-0.4, -0.2) is 0 Å². The fraction of sp³-hybridized carbons (Fsp3) is 0.0270. The van der Waals surface area contributed by atoms with E-state index in [0.717, 1.165) is 22.6 Å². The summed E-state index contributed by atoms with van der Waals surface area (Å²) in [6, 6.07) is 115. The summed E-state index contributed by atoms with van der Waals surface area (Å²) in [6.45, 7) is 0. The average Bonchev–Trinajstić information content (AvgIpc) is 3.98. The van der Waals surface area contributed by atoms with E-state index >= 15 is 0 Å². The third kappa shape index (κ3) is 7.00. The summed E-state index contributed by atoms with van der Waals surface area (Å²) < 4.78 is 0. The first kappa shape index (κ1) is 44.2. The Hall–Kier alpha value is -9.56. The van der Waals surface area contributed by atoms with E-state index in [-0.39, 0.29) is 0 Å². The smallest absolute Gasteiger partial charge is 0.0714 e. The van der Waals surface area contributed by atoms with Gasteiger partial charge in [-0.05, 0) is 143 Å². The first-order valence-electron chi connectivity index (χ1n) is 26.1. The van der Waals surface area contributed by atoms with Gasteiger partial charge in [-0.2, -0.15) is 0 Å². The van der Waals surface area contributed by atoms with Crippen LogP contribution in [-0.2, 0) is 10.8 Å². The van der Waals surface area contributed by atoms with Crippen LogP contribution in [0.2, 0.25) is 0 Å². The number of hydrogen-bond acceptors (Lipinski definition) is 1. The molecule has 12 aromatic rings. The quantitative estimate of drug-likeness (QED) is 0.132. The summed E-state index contributed by atoms with van der Waals surface area (Å²) in [5.74, 6) is 0. The van der Waals surface area contributed by atoms with Gasteiger partial charge in [-0.25, -0.2) is 0 Å². The fourth-order valence-corrected chi connectivity index (χ4v) is 12.9. The third-order valence-electron chi connectivity index (χ3n) is 16.0. The molecular formula is C74H51N. The Morgan fingerprint density at radius 1 is 0.213 bits per heavy atom. The summed E-state index contributed by atoms with van der Waals surface area (Å²) in [5, 5.41) is 0. The number of nitrogens with zero attached hydrogens (tertiary/aromatic N) is 1. The molecule has 352 valence electrons. The summed E-state index contributed by atoms with van der Waals surface area (Å²) in [7, 11) is 0. The molecular weight excluding hydrogens is 903 g/mol. The molecule has 0 fully saturated rings. The second-order valence-electron chi connectivity index (χ2n) is 19.9. The minimum atomic E-state index is -0.554. The highest BCUT2D eigenvalue weighted by Crippen LogP contribution is 2.61. The van der Waals surface area contributed by atoms with Gasteiger partial charge < -0.3 is 4.90 Å². The zero-order valence-electron chi connectivity index (χ0n) is 41.4. The van der Waals surface area contributed by atoms with Crippen LogP contribution >= 0.6 is 0 Å². The van der Waals surface area contributed by atoms with Crippen LogP contribution in [0.25, 0.3) is 55.6 Å². The molecule has 75 heavy (non-hydrogen) atoms. The van der Waals surface area contributed by atoms with Crippen molar-refractivity contribution in [1.82, 2.24) is 0 Å². The maximum atomic E-state index is 2.52. The molecule has 0 N–H and O–H groups in total. The molecule has 0 heterocycles. The van der Waals surface area contributed by atoms with Gasteiger partial charge in [-0.1, -0.05) is 261 Å². The number of anilines is 3. The Kier molecular flexibility index (Phi) is 10.7. The van der Waals surface area contributed by atoms with Crippen LogP contribution in [0.15, 0.2) is 309 Å². The van der Waals surface area contributed by atoms with Gasteiger partial charge in [0.05, 0.1) is 16.5 Å². The van der Waals surface area contributed by atoms with Gasteiger partial charge in [0.1, 0.15) is 0 Å². The van der Waals surface area contributed by atoms with Gasteiger partial charge in [0.25, 0.3) is 0 Å². The van der Waals surface area contributed by atoms with Crippen LogP contribution < -0.4 is 4.90 Å². The van der Waals surface area contributed by atoms with Crippen molar-refractivity contribution in [2.45, 2.75) is 10.8 Å². The summed E-state index contributed by atoms with van der Waals surface area (Å²) in [4.78, 5) is 2.52. The van der Waals surface area contributed by atoms with E-state index in [4.69, 9.17) is 0 Å². The molecule has 2 aliphatic carbocycles. The standard InChI is InChI=1S/C74H51N/c1-7-24-52(25-8-1)55-48-56(53-26-9-2-10-27-53)50-57(49-55)54-42-44-62(45-43-54)75(63-46-47-69-66(51-63)64-36-19-21-38-67(64)73(69,58-28-11-3-12-29-58)59-30-13-4-14-31-59)71-41-23-40-70-72(71)65-37-20-22-39-68(65)74(70,60-32-15-5-16-33-60)61-34-17-6-18-35-61/h1-51H. The van der Waals surface area contributed by atoms with Crippen LogP contribution in [0.5, 0.6) is 0 Å². The van der Waals surface area contributed by atoms with Crippen molar-refractivity contribution in [3.05, 3.63) is 354 Å². The zero-order valence-corrected chi connectivity index (χ0v) is 41.4. The highest BCUT2D eigenvalue weighted by Gasteiger charge is 2.48. The lowest BCUT2D eigenvalue weighted by molar-refractivity contribution is 0.768. The van der Waals surface area contributed by atoms with Crippen molar-refractivity contribution in [1.29, 1.82) is 0 Å². The largest absolute Gasteiger partial charge is 0.310 e. The fourth-order valence-electron chi connectivity index (χ4n) is 12.9. The molecule has 0 radical (unpaired) electrons. The third-order valence-corrected chi connectivity index (χ3v) is 16.0. The first-order valence-corrected chi connectivity index (χ1v) is 26.1. The Bertz CT molecular complexity index is 3880. The lowest BCUT2D eigenvalue weighted by Crippen LogP contribution is -2.28. The lowest BCUT2D eigenvalue weighted by Gasteiger charge is -2.35. The number of fused-ring (bicyclic) bond motifs is 6. The van der Waals surface area contributed by atoms with Crippen molar-refractivity contribution < 1.29 is 0 Å². The van der Waals surface area contributed by atoms with E-state index in [1.807, 2.05) is 0 Å². The molecule has 0 saturated carbocycles. The van der Waals surface area contributed by atoms with E-state index in [1.54, 1.807) is 0 Å². The topological polar surface area (TPSA) is 3.24 Å². The van der Waals surface area contributed by atoms with Crippen molar-refractivity contribution in [2.75, 3.05) is 4.90 Å². The molecule has 14 rings (SSSR count). The Labute approximate surface area is 440 Å². The zero-order chi connectivity index (χ0) is 49.8. The van der Waals surface area contributed by atoms with Gasteiger partial charge in [-0.3, -0.25) is 0 Å². The van der Waals surface area contributed by atoms with Gasteiger partial charge >= 0.3 is 0 Å². The molecule has 1 nitrogen and oxygen atoms in total. The highest BCUT2D eigenvalue weighted by atomic mass is 15.1. The molecule has 0 unspecified atom stereocenters. The summed E-state index contributed by atoms with van der Waals surface area (Å²) in [5.41, 5.74) is 24.4. The van der Waals surface area contributed by atoms with Crippen LogP contribution in [0, 0.1) is 0 Å². The van der Waals surface area contributed by atoms with Crippen LogP contribution in [0.3, 0.4) is 0 Å². The maximum absolute atomic E-state index is 2.52. The summed E-state index contributed by atoms with van der Waals surface area (Å²) in [6.07, 6.45) is 0. The number of benzene rings is 12. The predicted molar refractivity (Wildman–Crippen MR) is 312 cm³/mol. The van der Waals surface area contributed by atoms with Crippen molar-refractivity contribution >= 4 is 17.1 Å². The minimum Gasteiger partial charge on any atom is -0.310 e. The molecule has 12 aromatic carbocycles. The molecule has 1 heteroatoms. The SMILES string of the molecule is c1ccc(-c2cc(-c3ccccc3)cc(-c3ccc(N(c4ccc5c(c4)-c4ccccc4C5(c4ccccc4)c4ccccc4)c4cccc5c4-c4ccccc4C5(c4ccccc4)c4ccccc4)cc3)c2)cc1. The second-order valence-corrected chi connectivity index (χ2v) is 19.9. The monoisotopic (exact) mass is 953 g/mol. The molecule has 0 spiro atoms. The second kappa shape index (κ2) is 18.2. The molecule has 0 atom stereocenters. The minimum absolute atomic E-state index is 0.510. The average molecular weight is 954 g/mol. The summed E-state index contributed by atoms with van der Waals surface area (Å²) >= 11 is 0. The van der Waals surface area contributed by atoms with Gasteiger partial charge in [0.15, 0.2) is 0 Å².